The number of nitrogens with one attached hydrogen (secondary N) is 1. The molecule has 0 amide bonds. The second-order valence-electron chi connectivity index (χ2n) is 5.23. The van der Waals surface area contributed by atoms with Crippen molar-refractivity contribution in [2.24, 2.45) is 5.92 Å². The minimum Gasteiger partial charge on any atom is -0.382 e. The van der Waals surface area contributed by atoms with Crippen LogP contribution in [0, 0.1) is 5.92 Å². The summed E-state index contributed by atoms with van der Waals surface area (Å²) in [5.74, 6) is 0.728. The molecule has 0 radical (unpaired) electrons. The molecule has 1 rings (SSSR count). The van der Waals surface area contributed by atoms with Gasteiger partial charge in [0.15, 0.2) is 0 Å². The zero-order valence-electron chi connectivity index (χ0n) is 11.1. The summed E-state index contributed by atoms with van der Waals surface area (Å²) < 4.78 is 11.0. The van der Waals surface area contributed by atoms with E-state index < -0.39 is 0 Å². The van der Waals surface area contributed by atoms with Crippen LogP contribution >= 0.6 is 0 Å². The molecule has 1 saturated carbocycles. The molecule has 1 fully saturated rings. The molecule has 0 aromatic heterocycles. The Hall–Kier alpha value is -0.120. The van der Waals surface area contributed by atoms with E-state index in [2.05, 4.69) is 19.2 Å². The first-order chi connectivity index (χ1) is 7.68. The summed E-state index contributed by atoms with van der Waals surface area (Å²) >= 11 is 0. The van der Waals surface area contributed by atoms with Gasteiger partial charge in [-0.25, -0.2) is 0 Å². The predicted molar refractivity (Wildman–Crippen MR) is 66.7 cm³/mol. The fraction of sp³-hybridized carbons (Fsp3) is 1.00. The van der Waals surface area contributed by atoms with Gasteiger partial charge >= 0.3 is 0 Å². The molecule has 1 N–H and O–H groups in total. The maximum absolute atomic E-state index is 5.95. The molecule has 0 aliphatic heterocycles. The molecule has 0 aromatic carbocycles. The van der Waals surface area contributed by atoms with E-state index in [4.69, 9.17) is 9.47 Å². The van der Waals surface area contributed by atoms with E-state index in [1.807, 2.05) is 0 Å². The zero-order chi connectivity index (χ0) is 11.9. The maximum atomic E-state index is 5.95. The largest absolute Gasteiger partial charge is 0.382 e. The van der Waals surface area contributed by atoms with Crippen LogP contribution in [-0.4, -0.2) is 39.0 Å². The van der Waals surface area contributed by atoms with Gasteiger partial charge in [0.2, 0.25) is 0 Å². The van der Waals surface area contributed by atoms with Crippen molar-refractivity contribution in [2.75, 3.05) is 33.4 Å². The Kier molecular flexibility index (Phi) is 6.32. The molecular weight excluding hydrogens is 202 g/mol. The smallest absolute Gasteiger partial charge is 0.0707 e. The summed E-state index contributed by atoms with van der Waals surface area (Å²) in [7, 11) is 1.72. The van der Waals surface area contributed by atoms with E-state index >= 15 is 0 Å². The molecule has 1 aliphatic carbocycles. The quantitative estimate of drug-likeness (QED) is 0.615. The summed E-state index contributed by atoms with van der Waals surface area (Å²) in [6.07, 6.45) is 4.90. The summed E-state index contributed by atoms with van der Waals surface area (Å²) in [6.45, 7) is 8.10. The standard InChI is InChI=1S/C13H27NO2/c1-12(2)11-14-8-7-13(5-4-6-13)16-10-9-15-3/h12,14H,4-11H2,1-3H3. The molecule has 3 nitrogen and oxygen atoms in total. The van der Waals surface area contributed by atoms with Crippen molar-refractivity contribution in [1.82, 2.24) is 5.32 Å². The molecule has 0 aromatic rings. The first-order valence-corrected chi connectivity index (χ1v) is 6.52. The molecule has 96 valence electrons. The van der Waals surface area contributed by atoms with Crippen LogP contribution in [0.15, 0.2) is 0 Å². The van der Waals surface area contributed by atoms with Gasteiger partial charge in [0.25, 0.3) is 0 Å². The van der Waals surface area contributed by atoms with Crippen LogP contribution in [-0.2, 0) is 9.47 Å². The number of hydrogen-bond acceptors (Lipinski definition) is 3. The highest BCUT2D eigenvalue weighted by Gasteiger charge is 2.37. The maximum Gasteiger partial charge on any atom is 0.0707 e. The first-order valence-electron chi connectivity index (χ1n) is 6.52. The van der Waals surface area contributed by atoms with Crippen LogP contribution < -0.4 is 5.32 Å². The molecule has 0 atom stereocenters. The topological polar surface area (TPSA) is 30.5 Å². The van der Waals surface area contributed by atoms with E-state index in [-0.39, 0.29) is 5.60 Å². The van der Waals surface area contributed by atoms with E-state index in [0.717, 1.165) is 32.0 Å². The third kappa shape index (κ3) is 4.81. The van der Waals surface area contributed by atoms with E-state index in [1.165, 1.54) is 19.3 Å². The highest BCUT2D eigenvalue weighted by molar-refractivity contribution is 4.90. The normalized spacial score (nSPS) is 18.8. The Morgan fingerprint density at radius 2 is 2.00 bits per heavy atom. The average Bonchev–Trinajstić information content (AvgIpc) is 2.19. The Morgan fingerprint density at radius 3 is 2.50 bits per heavy atom. The van der Waals surface area contributed by atoms with E-state index in [1.54, 1.807) is 7.11 Å². The Labute approximate surface area is 99.9 Å². The third-order valence-electron chi connectivity index (χ3n) is 3.27. The van der Waals surface area contributed by atoms with Gasteiger partial charge in [-0.15, -0.1) is 0 Å². The summed E-state index contributed by atoms with van der Waals surface area (Å²) in [5, 5.41) is 3.49. The van der Waals surface area contributed by atoms with Crippen LogP contribution in [0.5, 0.6) is 0 Å². The van der Waals surface area contributed by atoms with Gasteiger partial charge in [0.05, 0.1) is 18.8 Å². The third-order valence-corrected chi connectivity index (χ3v) is 3.27. The molecule has 0 saturated heterocycles. The summed E-state index contributed by atoms with van der Waals surface area (Å²) in [4.78, 5) is 0. The van der Waals surface area contributed by atoms with Crippen molar-refractivity contribution in [2.45, 2.75) is 45.1 Å². The molecule has 3 heteroatoms. The molecule has 0 heterocycles. The lowest BCUT2D eigenvalue weighted by Crippen LogP contribution is -2.43. The van der Waals surface area contributed by atoms with Crippen LogP contribution in [0.1, 0.15) is 39.5 Å². The minimum atomic E-state index is 0.169. The lowest BCUT2D eigenvalue weighted by molar-refractivity contribution is -0.115. The number of methoxy groups -OCH3 is 1. The van der Waals surface area contributed by atoms with Gasteiger partial charge in [0.1, 0.15) is 0 Å². The van der Waals surface area contributed by atoms with Gasteiger partial charge < -0.3 is 14.8 Å². The Bertz CT molecular complexity index is 179. The first kappa shape index (κ1) is 13.9. The summed E-state index contributed by atoms with van der Waals surface area (Å²) in [5.41, 5.74) is 0.169. The molecule has 16 heavy (non-hydrogen) atoms. The van der Waals surface area contributed by atoms with E-state index in [0.29, 0.717) is 6.61 Å². The average molecular weight is 229 g/mol. The van der Waals surface area contributed by atoms with Gasteiger partial charge in [-0.1, -0.05) is 13.8 Å². The van der Waals surface area contributed by atoms with Crippen LogP contribution in [0.4, 0.5) is 0 Å². The fourth-order valence-corrected chi connectivity index (χ4v) is 2.09. The molecular formula is C13H27NO2. The number of hydrogen-bond donors (Lipinski definition) is 1. The van der Waals surface area contributed by atoms with E-state index in [9.17, 15) is 0 Å². The predicted octanol–water partition coefficient (Wildman–Crippen LogP) is 2.21. The van der Waals surface area contributed by atoms with Crippen LogP contribution in [0.3, 0.4) is 0 Å². The summed E-state index contributed by atoms with van der Waals surface area (Å²) in [6, 6.07) is 0. The lowest BCUT2D eigenvalue weighted by atomic mass is 9.77. The number of rotatable bonds is 9. The Morgan fingerprint density at radius 1 is 1.25 bits per heavy atom. The molecule has 0 bridgehead atoms. The van der Waals surface area contributed by atoms with Crippen molar-refractivity contribution in [3.8, 4) is 0 Å². The van der Waals surface area contributed by atoms with Gasteiger partial charge in [-0.2, -0.15) is 0 Å². The van der Waals surface area contributed by atoms with Crippen molar-refractivity contribution in [3.63, 3.8) is 0 Å². The second-order valence-corrected chi connectivity index (χ2v) is 5.23. The lowest BCUT2D eigenvalue weighted by Gasteiger charge is -2.42. The van der Waals surface area contributed by atoms with Crippen molar-refractivity contribution in [1.29, 1.82) is 0 Å². The van der Waals surface area contributed by atoms with Gasteiger partial charge in [-0.05, 0) is 44.7 Å². The molecule has 0 spiro atoms. The number of ether oxygens (including phenoxy) is 2. The molecule has 1 aliphatic rings. The SMILES string of the molecule is COCCOC1(CCNCC(C)C)CCC1. The Balaban J connectivity index is 2.10. The zero-order valence-corrected chi connectivity index (χ0v) is 11.1. The second kappa shape index (κ2) is 7.25. The van der Waals surface area contributed by atoms with Crippen LogP contribution in [0.2, 0.25) is 0 Å². The van der Waals surface area contributed by atoms with Crippen molar-refractivity contribution in [3.05, 3.63) is 0 Å². The highest BCUT2D eigenvalue weighted by Crippen LogP contribution is 2.38. The van der Waals surface area contributed by atoms with Crippen LogP contribution in [0.25, 0.3) is 0 Å². The minimum absolute atomic E-state index is 0.169. The van der Waals surface area contributed by atoms with Crippen molar-refractivity contribution >= 4 is 0 Å². The fourth-order valence-electron chi connectivity index (χ4n) is 2.09. The monoisotopic (exact) mass is 229 g/mol. The van der Waals surface area contributed by atoms with Gasteiger partial charge in [-0.3, -0.25) is 0 Å². The highest BCUT2D eigenvalue weighted by atomic mass is 16.5. The van der Waals surface area contributed by atoms with Crippen molar-refractivity contribution < 1.29 is 9.47 Å². The molecule has 0 unspecified atom stereocenters. The van der Waals surface area contributed by atoms with Gasteiger partial charge in [0, 0.05) is 7.11 Å².